The van der Waals surface area contributed by atoms with Crippen molar-refractivity contribution in [2.75, 3.05) is 0 Å². The summed E-state index contributed by atoms with van der Waals surface area (Å²) < 4.78 is 9.52. The maximum absolute atomic E-state index is 12.1. The molecule has 0 fully saturated rings. The number of nitrogens with zero attached hydrogens (tertiary/aromatic N) is 1. The fraction of sp³-hybridized carbons (Fsp3) is 0.486. The smallest absolute Gasteiger partial charge is 0.318 e. The van der Waals surface area contributed by atoms with Gasteiger partial charge < -0.3 is 4.74 Å². The number of unbranched alkanes of at least 4 members (excludes halogenated alkanes) is 2. The van der Waals surface area contributed by atoms with Crippen LogP contribution in [0.3, 0.4) is 0 Å². The van der Waals surface area contributed by atoms with E-state index >= 15 is 0 Å². The van der Waals surface area contributed by atoms with Gasteiger partial charge in [0.15, 0.2) is 5.78 Å². The standard InChI is InChI=1S/C35H46NO2/c1-10-13-14-17-28-19-24(5)32-30(22-28)33-25(6)20-29-23(4)16-15-18-31(29)36(33)34(9,35(32,11-2)12-3)38-27(8)21-26(7)37/h15-16,18-22H,10-14,17H2,1-9H3/q+1. The van der Waals surface area contributed by atoms with Crippen molar-refractivity contribution in [1.82, 2.24) is 0 Å². The summed E-state index contributed by atoms with van der Waals surface area (Å²) in [6.45, 7) is 19.3. The number of fused-ring (bicyclic) bond motifs is 5. The highest BCUT2D eigenvalue weighted by molar-refractivity contribution is 5.87. The average Bonchev–Trinajstić information content (AvgIpc) is 2.85. The van der Waals surface area contributed by atoms with Crippen molar-refractivity contribution in [3.63, 3.8) is 0 Å². The summed E-state index contributed by atoms with van der Waals surface area (Å²) in [6.07, 6.45) is 8.27. The van der Waals surface area contributed by atoms with Crippen LogP contribution in [0, 0.1) is 20.8 Å². The fourth-order valence-electron chi connectivity index (χ4n) is 7.29. The second-order valence-corrected chi connectivity index (χ2v) is 11.6. The van der Waals surface area contributed by atoms with Crippen molar-refractivity contribution in [1.29, 1.82) is 0 Å². The van der Waals surface area contributed by atoms with Crippen LogP contribution in [0.2, 0.25) is 0 Å². The van der Waals surface area contributed by atoms with Gasteiger partial charge in [0, 0.05) is 30.0 Å². The minimum atomic E-state index is -0.735. The molecule has 2 heterocycles. The first-order chi connectivity index (χ1) is 18.0. The number of hydrogen-bond acceptors (Lipinski definition) is 2. The van der Waals surface area contributed by atoms with Crippen LogP contribution in [-0.2, 0) is 27.1 Å². The van der Waals surface area contributed by atoms with Gasteiger partial charge in [-0.3, -0.25) is 4.79 Å². The van der Waals surface area contributed by atoms with E-state index in [1.165, 1.54) is 69.2 Å². The Balaban J connectivity index is 2.18. The Morgan fingerprint density at radius 1 is 0.947 bits per heavy atom. The van der Waals surface area contributed by atoms with Crippen LogP contribution in [0.4, 0.5) is 0 Å². The molecular formula is C35H46NO2+. The third kappa shape index (κ3) is 4.38. The van der Waals surface area contributed by atoms with E-state index in [-0.39, 0.29) is 11.2 Å². The van der Waals surface area contributed by atoms with Gasteiger partial charge in [-0.15, -0.1) is 4.57 Å². The largest absolute Gasteiger partial charge is 0.435 e. The van der Waals surface area contributed by atoms with Crippen molar-refractivity contribution < 1.29 is 14.1 Å². The summed E-state index contributed by atoms with van der Waals surface area (Å²) in [7, 11) is 0. The van der Waals surface area contributed by atoms with E-state index in [1.807, 2.05) is 6.92 Å². The van der Waals surface area contributed by atoms with Gasteiger partial charge in [-0.25, -0.2) is 0 Å². The van der Waals surface area contributed by atoms with Crippen molar-refractivity contribution in [3.05, 3.63) is 76.1 Å². The highest BCUT2D eigenvalue weighted by atomic mass is 16.5. The Bertz CT molecular complexity index is 1410. The van der Waals surface area contributed by atoms with Crippen LogP contribution in [0.25, 0.3) is 22.2 Å². The van der Waals surface area contributed by atoms with Crippen molar-refractivity contribution in [3.8, 4) is 11.3 Å². The van der Waals surface area contributed by atoms with E-state index in [0.717, 1.165) is 19.3 Å². The average molecular weight is 513 g/mol. The quantitative estimate of drug-likeness (QED) is 0.124. The molecule has 0 aliphatic carbocycles. The predicted octanol–water partition coefficient (Wildman–Crippen LogP) is 8.71. The Hall–Kier alpha value is -2.94. The second-order valence-electron chi connectivity index (χ2n) is 11.6. The third-order valence-corrected chi connectivity index (χ3v) is 8.99. The van der Waals surface area contributed by atoms with Crippen molar-refractivity contribution in [2.24, 2.45) is 0 Å². The SMILES string of the molecule is CCCCCc1cc(C)c2c(c1)-c1c(C)cc3c(C)cccc3[n+]1C(C)(OC(C)=CC(C)=O)C2(CC)CC. The van der Waals surface area contributed by atoms with E-state index in [0.29, 0.717) is 5.76 Å². The number of aryl methyl sites for hydroxylation is 4. The molecule has 1 unspecified atom stereocenters. The fourth-order valence-corrected chi connectivity index (χ4v) is 7.29. The van der Waals surface area contributed by atoms with Crippen LogP contribution in [0.5, 0.6) is 0 Å². The van der Waals surface area contributed by atoms with Gasteiger partial charge in [-0.1, -0.05) is 51.8 Å². The maximum atomic E-state index is 12.1. The van der Waals surface area contributed by atoms with E-state index in [9.17, 15) is 4.79 Å². The molecule has 1 aliphatic rings. The molecule has 0 saturated carbocycles. The summed E-state index contributed by atoms with van der Waals surface area (Å²) in [5, 5.41) is 1.25. The van der Waals surface area contributed by atoms with E-state index in [2.05, 4.69) is 89.4 Å². The molecule has 1 aliphatic heterocycles. The van der Waals surface area contributed by atoms with E-state index < -0.39 is 5.72 Å². The number of benzene rings is 2. The second kappa shape index (κ2) is 10.7. The zero-order chi connectivity index (χ0) is 27.8. The van der Waals surface area contributed by atoms with E-state index in [4.69, 9.17) is 4.74 Å². The molecule has 0 N–H and O–H groups in total. The van der Waals surface area contributed by atoms with Gasteiger partial charge in [0.05, 0.1) is 11.0 Å². The van der Waals surface area contributed by atoms with Gasteiger partial charge in [0.1, 0.15) is 5.76 Å². The number of rotatable bonds is 9. The molecule has 202 valence electrons. The summed E-state index contributed by atoms with van der Waals surface area (Å²) in [5.41, 5.74) is 9.40. The summed E-state index contributed by atoms with van der Waals surface area (Å²) in [4.78, 5) is 12.1. The lowest BCUT2D eigenvalue weighted by atomic mass is 9.62. The predicted molar refractivity (Wildman–Crippen MR) is 158 cm³/mol. The zero-order valence-electron chi connectivity index (χ0n) is 25.0. The molecule has 1 atom stereocenters. The zero-order valence-corrected chi connectivity index (χ0v) is 25.0. The third-order valence-electron chi connectivity index (χ3n) is 8.99. The number of allylic oxidation sites excluding steroid dienone is 2. The molecule has 2 aromatic carbocycles. The van der Waals surface area contributed by atoms with Crippen molar-refractivity contribution in [2.45, 2.75) is 112 Å². The summed E-state index contributed by atoms with van der Waals surface area (Å²) >= 11 is 0. The monoisotopic (exact) mass is 512 g/mol. The van der Waals surface area contributed by atoms with Crippen molar-refractivity contribution >= 4 is 16.7 Å². The number of ketones is 1. The van der Waals surface area contributed by atoms with Gasteiger partial charge in [-0.2, -0.15) is 0 Å². The first-order valence-corrected chi connectivity index (χ1v) is 14.5. The molecule has 38 heavy (non-hydrogen) atoms. The molecule has 0 bridgehead atoms. The Morgan fingerprint density at radius 3 is 2.29 bits per heavy atom. The Labute approximate surface area is 229 Å². The summed E-state index contributed by atoms with van der Waals surface area (Å²) in [6, 6.07) is 13.8. The van der Waals surface area contributed by atoms with Gasteiger partial charge in [-0.05, 0) is 94.7 Å². The highest BCUT2D eigenvalue weighted by Crippen LogP contribution is 2.54. The molecule has 3 aromatic rings. The number of aromatic nitrogens is 1. The molecule has 3 heteroatoms. The normalized spacial score (nSPS) is 18.3. The van der Waals surface area contributed by atoms with Crippen LogP contribution in [0.1, 0.15) is 101 Å². The molecule has 0 amide bonds. The lowest BCUT2D eigenvalue weighted by Gasteiger charge is -2.48. The molecule has 4 rings (SSSR count). The molecule has 1 aromatic heterocycles. The van der Waals surface area contributed by atoms with Crippen LogP contribution in [0.15, 0.2) is 48.2 Å². The molecule has 0 radical (unpaired) electrons. The molecule has 3 nitrogen and oxygen atoms in total. The minimum Gasteiger partial charge on any atom is -0.435 e. The number of hydrogen-bond donors (Lipinski definition) is 0. The van der Waals surface area contributed by atoms with Crippen LogP contribution >= 0.6 is 0 Å². The lowest BCUT2D eigenvalue weighted by molar-refractivity contribution is -0.788. The highest BCUT2D eigenvalue weighted by Gasteiger charge is 2.63. The first-order valence-electron chi connectivity index (χ1n) is 14.5. The molecule has 0 spiro atoms. The number of carbonyl (C=O) groups excluding carboxylic acids is 1. The minimum absolute atomic E-state index is 0.00368. The van der Waals surface area contributed by atoms with Crippen LogP contribution in [-0.4, -0.2) is 5.78 Å². The Kier molecular flexibility index (Phi) is 7.89. The molecule has 0 saturated heterocycles. The number of ether oxygens (including phenoxy) is 1. The number of carbonyl (C=O) groups is 1. The lowest BCUT2D eigenvalue weighted by Crippen LogP contribution is -2.70. The van der Waals surface area contributed by atoms with Gasteiger partial charge in [0.25, 0.3) is 0 Å². The first kappa shape index (κ1) is 28.1. The van der Waals surface area contributed by atoms with Gasteiger partial charge in [0.2, 0.25) is 11.2 Å². The maximum Gasteiger partial charge on any atom is 0.318 e. The molecular weight excluding hydrogens is 466 g/mol. The summed E-state index contributed by atoms with van der Waals surface area (Å²) in [5.74, 6) is 0.660. The van der Waals surface area contributed by atoms with E-state index in [1.54, 1.807) is 13.0 Å². The topological polar surface area (TPSA) is 30.2 Å². The Morgan fingerprint density at radius 2 is 1.66 bits per heavy atom. The van der Waals surface area contributed by atoms with Gasteiger partial charge >= 0.3 is 5.72 Å². The number of pyridine rings is 1. The van der Waals surface area contributed by atoms with Crippen LogP contribution < -0.4 is 4.57 Å².